The SMILES string of the molecule is CCNC(C)C(=O)Oc1ccc(CC)cc1. The van der Waals surface area contributed by atoms with Crippen molar-refractivity contribution >= 4 is 5.97 Å². The van der Waals surface area contributed by atoms with Gasteiger partial charge >= 0.3 is 5.97 Å². The maximum atomic E-state index is 11.6. The zero-order chi connectivity index (χ0) is 12.0. The monoisotopic (exact) mass is 221 g/mol. The first-order valence-corrected chi connectivity index (χ1v) is 5.71. The molecule has 1 aromatic rings. The lowest BCUT2D eigenvalue weighted by Gasteiger charge is -2.11. The summed E-state index contributed by atoms with van der Waals surface area (Å²) in [6.45, 7) is 6.60. The molecule has 0 bridgehead atoms. The molecule has 0 aliphatic heterocycles. The molecular formula is C13H19NO2. The maximum Gasteiger partial charge on any atom is 0.328 e. The van der Waals surface area contributed by atoms with E-state index in [1.807, 2.05) is 31.2 Å². The number of hydrogen-bond acceptors (Lipinski definition) is 3. The van der Waals surface area contributed by atoms with Crippen LogP contribution in [0, 0.1) is 0 Å². The van der Waals surface area contributed by atoms with E-state index in [2.05, 4.69) is 12.2 Å². The van der Waals surface area contributed by atoms with E-state index in [1.165, 1.54) is 5.56 Å². The summed E-state index contributed by atoms with van der Waals surface area (Å²) >= 11 is 0. The number of aryl methyl sites for hydroxylation is 1. The number of carbonyl (C=O) groups is 1. The van der Waals surface area contributed by atoms with Crippen LogP contribution in [0.4, 0.5) is 0 Å². The second-order valence-corrected chi connectivity index (χ2v) is 3.70. The molecule has 16 heavy (non-hydrogen) atoms. The van der Waals surface area contributed by atoms with Crippen molar-refractivity contribution in [2.24, 2.45) is 0 Å². The van der Waals surface area contributed by atoms with Crippen LogP contribution >= 0.6 is 0 Å². The standard InChI is InChI=1S/C13H19NO2/c1-4-11-6-8-12(9-7-11)16-13(15)10(3)14-5-2/h6-10,14H,4-5H2,1-3H3. The minimum Gasteiger partial charge on any atom is -0.425 e. The average Bonchev–Trinajstić information content (AvgIpc) is 2.30. The van der Waals surface area contributed by atoms with E-state index in [0.717, 1.165) is 13.0 Å². The lowest BCUT2D eigenvalue weighted by molar-refractivity contribution is -0.136. The molecule has 1 aromatic carbocycles. The summed E-state index contributed by atoms with van der Waals surface area (Å²) in [5.74, 6) is 0.359. The van der Waals surface area contributed by atoms with Gasteiger partial charge in [-0.05, 0) is 37.6 Å². The summed E-state index contributed by atoms with van der Waals surface area (Å²) in [6.07, 6.45) is 0.988. The van der Waals surface area contributed by atoms with Crippen LogP contribution in [0.15, 0.2) is 24.3 Å². The molecule has 0 aromatic heterocycles. The number of likely N-dealkylation sites (N-methyl/N-ethyl adjacent to an activating group) is 1. The fourth-order valence-electron chi connectivity index (χ4n) is 1.39. The molecule has 0 aliphatic rings. The highest BCUT2D eigenvalue weighted by Gasteiger charge is 2.13. The molecule has 88 valence electrons. The molecule has 0 heterocycles. The second kappa shape index (κ2) is 6.28. The van der Waals surface area contributed by atoms with Crippen molar-refractivity contribution in [2.75, 3.05) is 6.54 Å². The van der Waals surface area contributed by atoms with Gasteiger partial charge in [0, 0.05) is 0 Å². The van der Waals surface area contributed by atoms with Crippen molar-refractivity contribution in [1.29, 1.82) is 0 Å². The Morgan fingerprint density at radius 3 is 2.44 bits per heavy atom. The Labute approximate surface area is 96.8 Å². The molecule has 0 saturated carbocycles. The van der Waals surface area contributed by atoms with E-state index >= 15 is 0 Å². The summed E-state index contributed by atoms with van der Waals surface area (Å²) in [6, 6.07) is 7.34. The number of esters is 1. The molecule has 3 nitrogen and oxygen atoms in total. The number of ether oxygens (including phenoxy) is 1. The number of rotatable bonds is 5. The van der Waals surface area contributed by atoms with Crippen LogP contribution in [0.5, 0.6) is 5.75 Å². The van der Waals surface area contributed by atoms with Crippen LogP contribution < -0.4 is 10.1 Å². The smallest absolute Gasteiger partial charge is 0.328 e. The highest BCUT2D eigenvalue weighted by Crippen LogP contribution is 2.13. The van der Waals surface area contributed by atoms with Crippen molar-refractivity contribution < 1.29 is 9.53 Å². The highest BCUT2D eigenvalue weighted by atomic mass is 16.5. The first-order valence-electron chi connectivity index (χ1n) is 5.71. The molecule has 1 rings (SSSR count). The van der Waals surface area contributed by atoms with Crippen LogP contribution in [0.2, 0.25) is 0 Å². The molecule has 0 spiro atoms. The largest absolute Gasteiger partial charge is 0.425 e. The van der Waals surface area contributed by atoms with Crippen molar-refractivity contribution in [3.63, 3.8) is 0 Å². The van der Waals surface area contributed by atoms with Crippen LogP contribution in [0.1, 0.15) is 26.3 Å². The molecule has 0 aliphatic carbocycles. The summed E-state index contributed by atoms with van der Waals surface area (Å²) < 4.78 is 5.23. The third-order valence-corrected chi connectivity index (χ3v) is 2.41. The number of hydrogen-bond donors (Lipinski definition) is 1. The molecule has 1 atom stereocenters. The van der Waals surface area contributed by atoms with Gasteiger partial charge in [0.05, 0.1) is 0 Å². The number of benzene rings is 1. The van der Waals surface area contributed by atoms with Crippen molar-refractivity contribution in [3.8, 4) is 5.75 Å². The Morgan fingerprint density at radius 2 is 1.94 bits per heavy atom. The predicted molar refractivity (Wildman–Crippen MR) is 64.6 cm³/mol. The Morgan fingerprint density at radius 1 is 1.31 bits per heavy atom. The van der Waals surface area contributed by atoms with E-state index in [4.69, 9.17) is 4.74 Å². The number of nitrogens with one attached hydrogen (secondary N) is 1. The van der Waals surface area contributed by atoms with Gasteiger partial charge in [0.15, 0.2) is 0 Å². The Kier molecular flexibility index (Phi) is 4.99. The van der Waals surface area contributed by atoms with Gasteiger partial charge in [0.2, 0.25) is 0 Å². The van der Waals surface area contributed by atoms with Gasteiger partial charge < -0.3 is 10.1 Å². The average molecular weight is 221 g/mol. The van der Waals surface area contributed by atoms with Crippen LogP contribution in [0.3, 0.4) is 0 Å². The van der Waals surface area contributed by atoms with Gasteiger partial charge in [-0.15, -0.1) is 0 Å². The van der Waals surface area contributed by atoms with Crippen LogP contribution in [0.25, 0.3) is 0 Å². The fourth-order valence-corrected chi connectivity index (χ4v) is 1.39. The highest BCUT2D eigenvalue weighted by molar-refractivity contribution is 5.77. The van der Waals surface area contributed by atoms with E-state index in [9.17, 15) is 4.79 Å². The maximum absolute atomic E-state index is 11.6. The normalized spacial score (nSPS) is 12.2. The van der Waals surface area contributed by atoms with Crippen LogP contribution in [-0.4, -0.2) is 18.6 Å². The molecule has 0 amide bonds. The topological polar surface area (TPSA) is 38.3 Å². The Hall–Kier alpha value is -1.35. The minimum atomic E-state index is -0.268. The Balaban J connectivity index is 2.55. The molecule has 1 N–H and O–H groups in total. The van der Waals surface area contributed by atoms with Crippen molar-refractivity contribution in [1.82, 2.24) is 5.32 Å². The first-order chi connectivity index (χ1) is 7.67. The predicted octanol–water partition coefficient (Wildman–Crippen LogP) is 2.15. The van der Waals surface area contributed by atoms with Gasteiger partial charge in [-0.2, -0.15) is 0 Å². The van der Waals surface area contributed by atoms with E-state index in [-0.39, 0.29) is 12.0 Å². The Bertz CT molecular complexity index is 332. The molecule has 0 radical (unpaired) electrons. The van der Waals surface area contributed by atoms with E-state index in [0.29, 0.717) is 5.75 Å². The van der Waals surface area contributed by atoms with E-state index < -0.39 is 0 Å². The van der Waals surface area contributed by atoms with Crippen molar-refractivity contribution in [3.05, 3.63) is 29.8 Å². The van der Waals surface area contributed by atoms with E-state index in [1.54, 1.807) is 6.92 Å². The van der Waals surface area contributed by atoms with Crippen molar-refractivity contribution in [2.45, 2.75) is 33.2 Å². The molecule has 1 unspecified atom stereocenters. The van der Waals surface area contributed by atoms with Gasteiger partial charge in [-0.3, -0.25) is 0 Å². The first kappa shape index (κ1) is 12.7. The second-order valence-electron chi connectivity index (χ2n) is 3.70. The quantitative estimate of drug-likeness (QED) is 0.611. The third-order valence-electron chi connectivity index (χ3n) is 2.41. The van der Waals surface area contributed by atoms with Gasteiger partial charge in [0.1, 0.15) is 11.8 Å². The number of carbonyl (C=O) groups excluding carboxylic acids is 1. The van der Waals surface area contributed by atoms with Gasteiger partial charge in [0.25, 0.3) is 0 Å². The molecule has 0 fully saturated rings. The van der Waals surface area contributed by atoms with Gasteiger partial charge in [-0.25, -0.2) is 4.79 Å². The zero-order valence-electron chi connectivity index (χ0n) is 10.1. The molecule has 0 saturated heterocycles. The minimum absolute atomic E-state index is 0.244. The summed E-state index contributed by atoms with van der Waals surface area (Å²) in [4.78, 5) is 11.6. The lowest BCUT2D eigenvalue weighted by Crippen LogP contribution is -2.36. The zero-order valence-corrected chi connectivity index (χ0v) is 10.1. The molecule has 3 heteroatoms. The third kappa shape index (κ3) is 3.66. The lowest BCUT2D eigenvalue weighted by atomic mass is 10.2. The van der Waals surface area contributed by atoms with Crippen LogP contribution in [-0.2, 0) is 11.2 Å². The summed E-state index contributed by atoms with van der Waals surface area (Å²) in [5.41, 5.74) is 1.24. The molecular weight excluding hydrogens is 202 g/mol. The van der Waals surface area contributed by atoms with Gasteiger partial charge in [-0.1, -0.05) is 26.0 Å². The fraction of sp³-hybridized carbons (Fsp3) is 0.462. The summed E-state index contributed by atoms with van der Waals surface area (Å²) in [7, 11) is 0. The summed E-state index contributed by atoms with van der Waals surface area (Å²) in [5, 5.41) is 3.01.